The summed E-state index contributed by atoms with van der Waals surface area (Å²) in [6.07, 6.45) is 16.9. The van der Waals surface area contributed by atoms with Crippen LogP contribution in [0.4, 0.5) is 0 Å². The second-order valence-corrected chi connectivity index (χ2v) is 13.7. The fraction of sp³-hybridized carbons (Fsp3) is 0.409. The van der Waals surface area contributed by atoms with E-state index in [1.807, 2.05) is 12.3 Å². The van der Waals surface area contributed by atoms with Crippen molar-refractivity contribution in [2.24, 2.45) is 11.7 Å². The largest absolute Gasteiger partial charge is 0.504 e. The third kappa shape index (κ3) is 13.3. The number of benzene rings is 3. The van der Waals surface area contributed by atoms with Crippen LogP contribution in [-0.2, 0) is 35.3 Å². The number of aliphatic hydroxyl groups is 1. The first-order valence-corrected chi connectivity index (χ1v) is 18.5. The second-order valence-electron chi connectivity index (χ2n) is 13.7. The number of nitrogens with two attached hydrogens (primary N) is 1. The topological polar surface area (TPSA) is 122 Å². The van der Waals surface area contributed by atoms with E-state index in [1.165, 1.54) is 29.9 Å². The van der Waals surface area contributed by atoms with Gasteiger partial charge in [0.25, 0.3) is 0 Å². The predicted octanol–water partition coefficient (Wildman–Crippen LogP) is 7.96. The Kier molecular flexibility index (Phi) is 16.2. The minimum absolute atomic E-state index is 0.0189. The zero-order chi connectivity index (χ0) is 36.4. The van der Waals surface area contributed by atoms with Gasteiger partial charge in [-0.15, -0.1) is 0 Å². The lowest BCUT2D eigenvalue weighted by atomic mass is 9.89. The molecule has 0 aromatic heterocycles. The molecule has 0 spiro atoms. The number of phenolic OH excluding ortho intramolecular Hbond substituents is 1. The van der Waals surface area contributed by atoms with Crippen LogP contribution < -0.4 is 15.8 Å². The number of aryl methyl sites for hydroxylation is 3. The van der Waals surface area contributed by atoms with Crippen LogP contribution in [-0.4, -0.2) is 41.7 Å². The van der Waals surface area contributed by atoms with E-state index in [2.05, 4.69) is 66.8 Å². The van der Waals surface area contributed by atoms with E-state index in [0.29, 0.717) is 24.5 Å². The van der Waals surface area contributed by atoms with Gasteiger partial charge in [0.2, 0.25) is 0 Å². The predicted molar refractivity (Wildman–Crippen MR) is 206 cm³/mol. The molecule has 0 radical (unpaired) electrons. The zero-order valence-electron chi connectivity index (χ0n) is 30.4. The van der Waals surface area contributed by atoms with Crippen LogP contribution in [0.15, 0.2) is 96.2 Å². The summed E-state index contributed by atoms with van der Waals surface area (Å²) in [4.78, 5) is 25.5. The van der Waals surface area contributed by atoms with E-state index < -0.39 is 0 Å². The Morgan fingerprint density at radius 2 is 1.61 bits per heavy atom. The number of dihydropyridines is 1. The Labute approximate surface area is 304 Å². The summed E-state index contributed by atoms with van der Waals surface area (Å²) in [6, 6.07) is 22.7. The summed E-state index contributed by atoms with van der Waals surface area (Å²) >= 11 is 0. The van der Waals surface area contributed by atoms with Crippen LogP contribution in [0, 0.1) is 5.92 Å². The Hall–Kier alpha value is -4.46. The third-order valence-electron chi connectivity index (χ3n) is 9.64. The van der Waals surface area contributed by atoms with Crippen molar-refractivity contribution in [2.75, 3.05) is 13.7 Å². The Balaban J connectivity index is 1.39. The summed E-state index contributed by atoms with van der Waals surface area (Å²) in [6.45, 7) is 2.35. The fourth-order valence-corrected chi connectivity index (χ4v) is 6.86. The molecule has 5 N–H and O–H groups in total. The molecule has 0 fully saturated rings. The molecule has 4 rings (SSSR count). The van der Waals surface area contributed by atoms with Crippen molar-refractivity contribution in [3.63, 3.8) is 0 Å². The first kappa shape index (κ1) is 39.3. The van der Waals surface area contributed by atoms with Gasteiger partial charge < -0.3 is 26.0 Å². The number of nitrogens with one attached hydrogen (secondary N) is 1. The molecule has 0 bridgehead atoms. The van der Waals surface area contributed by atoms with Crippen LogP contribution in [0.25, 0.3) is 6.08 Å². The summed E-state index contributed by atoms with van der Waals surface area (Å²) in [5.41, 5.74) is 14.0. The number of carbonyl (C=O) groups excluding carboxylic acids is 2. The Bertz CT molecular complexity index is 1660. The maximum Gasteiger partial charge on any atom is 0.163 e. The summed E-state index contributed by atoms with van der Waals surface area (Å²) < 4.78 is 5.39. The quantitative estimate of drug-likeness (QED) is 0.0623. The maximum absolute atomic E-state index is 12.9. The van der Waals surface area contributed by atoms with E-state index >= 15 is 0 Å². The average molecular weight is 693 g/mol. The van der Waals surface area contributed by atoms with Gasteiger partial charge in [0.05, 0.1) is 19.7 Å². The van der Waals surface area contributed by atoms with Gasteiger partial charge >= 0.3 is 0 Å². The lowest BCUT2D eigenvalue weighted by molar-refractivity contribution is -0.124. The molecule has 0 saturated heterocycles. The number of allylic oxidation sites excluding steroid dienone is 3. The number of ether oxygens (including phenoxy) is 1. The summed E-state index contributed by atoms with van der Waals surface area (Å²) in [5.74, 6) is 0.530. The molecular formula is C44H56N2O5. The lowest BCUT2D eigenvalue weighted by Gasteiger charge is -2.22. The number of ketones is 2. The molecule has 1 unspecified atom stereocenters. The minimum atomic E-state index is -0.294. The molecular weight excluding hydrogens is 636 g/mol. The van der Waals surface area contributed by atoms with Gasteiger partial charge in [-0.25, -0.2) is 0 Å². The van der Waals surface area contributed by atoms with Gasteiger partial charge in [0.15, 0.2) is 17.3 Å². The third-order valence-corrected chi connectivity index (χ3v) is 9.64. The molecule has 1 heterocycles. The number of hydrogen-bond acceptors (Lipinski definition) is 7. The molecule has 0 amide bonds. The van der Waals surface area contributed by atoms with Crippen LogP contribution in [0.2, 0.25) is 0 Å². The smallest absolute Gasteiger partial charge is 0.163 e. The monoisotopic (exact) mass is 692 g/mol. The van der Waals surface area contributed by atoms with Crippen molar-refractivity contribution in [1.82, 2.24) is 5.32 Å². The number of rotatable bonds is 22. The molecule has 7 heteroatoms. The van der Waals surface area contributed by atoms with Crippen molar-refractivity contribution in [3.8, 4) is 11.5 Å². The molecule has 7 nitrogen and oxygen atoms in total. The maximum atomic E-state index is 12.9. The second kappa shape index (κ2) is 21.0. The van der Waals surface area contributed by atoms with Crippen LogP contribution in [0.5, 0.6) is 11.5 Å². The molecule has 0 saturated carbocycles. The molecule has 1 aliphatic rings. The van der Waals surface area contributed by atoms with E-state index in [-0.39, 0.29) is 36.5 Å². The highest BCUT2D eigenvalue weighted by atomic mass is 16.5. The van der Waals surface area contributed by atoms with Crippen LogP contribution >= 0.6 is 0 Å². The van der Waals surface area contributed by atoms with Crippen molar-refractivity contribution in [1.29, 1.82) is 0 Å². The molecule has 2 atom stereocenters. The zero-order valence-corrected chi connectivity index (χ0v) is 30.4. The fourth-order valence-electron chi connectivity index (χ4n) is 6.86. The first-order chi connectivity index (χ1) is 24.8. The highest BCUT2D eigenvalue weighted by Gasteiger charge is 2.18. The van der Waals surface area contributed by atoms with E-state index in [1.54, 1.807) is 18.2 Å². The highest BCUT2D eigenvalue weighted by molar-refractivity contribution is 6.06. The van der Waals surface area contributed by atoms with Crippen molar-refractivity contribution >= 4 is 17.6 Å². The van der Waals surface area contributed by atoms with Crippen LogP contribution in [0.3, 0.4) is 0 Å². The van der Waals surface area contributed by atoms with E-state index in [9.17, 15) is 19.8 Å². The SMILES string of the molecule is CCC[C@H](CCCO)CCCC(=O)CC(=O)/C=C/c1cc(OC)c(O)cc1CC1=CNC(N)C=C1CCc1cccc(CCc2ccccc2)c1. The number of aromatic hydroxyl groups is 1. The number of hydrogen-bond donors (Lipinski definition) is 4. The van der Waals surface area contributed by atoms with Crippen molar-refractivity contribution in [3.05, 3.63) is 124 Å². The number of phenols is 1. The van der Waals surface area contributed by atoms with E-state index in [4.69, 9.17) is 10.5 Å². The molecule has 272 valence electrons. The summed E-state index contributed by atoms with van der Waals surface area (Å²) in [7, 11) is 1.49. The van der Waals surface area contributed by atoms with E-state index in [0.717, 1.165) is 86.5 Å². The molecule has 0 aliphatic carbocycles. The number of carbonyl (C=O) groups is 2. The first-order valence-electron chi connectivity index (χ1n) is 18.5. The molecule has 3 aromatic rings. The van der Waals surface area contributed by atoms with Crippen molar-refractivity contribution in [2.45, 2.75) is 96.6 Å². The van der Waals surface area contributed by atoms with Crippen molar-refractivity contribution < 1.29 is 24.5 Å². The van der Waals surface area contributed by atoms with Gasteiger partial charge in [0, 0.05) is 19.2 Å². The molecule has 3 aromatic carbocycles. The summed E-state index contributed by atoms with van der Waals surface area (Å²) in [5, 5.41) is 23.1. The standard InChI is InChI=1S/C44H56N2O5/c1-3-10-32(16-9-24-47)13-8-17-40(48)30-41(49)23-22-36-28-43(51-2)42(50)27-38(36)26-39-31-46-44(45)29-37(39)21-20-35-15-7-14-34(25-35)19-18-33-11-5-4-6-12-33/h4-7,11-12,14-15,22-23,25,27-29,31-32,44,46-47,50H,3,8-10,13,16-21,24,26,30,45H2,1-2H3/b23-22+/t32-,44?/m0/s1. The number of methoxy groups -OCH3 is 1. The molecule has 51 heavy (non-hydrogen) atoms. The van der Waals surface area contributed by atoms with Gasteiger partial charge in [-0.2, -0.15) is 0 Å². The van der Waals surface area contributed by atoms with Gasteiger partial charge in [-0.1, -0.05) is 86.9 Å². The Morgan fingerprint density at radius 1 is 0.902 bits per heavy atom. The van der Waals surface area contributed by atoms with Gasteiger partial charge in [-0.3, -0.25) is 9.59 Å². The number of Topliss-reactive ketones (excluding diaryl/α,β-unsaturated/α-hetero) is 1. The Morgan fingerprint density at radius 3 is 2.33 bits per heavy atom. The average Bonchev–Trinajstić information content (AvgIpc) is 3.13. The molecule has 1 aliphatic heterocycles. The minimum Gasteiger partial charge on any atom is -0.504 e. The van der Waals surface area contributed by atoms with Gasteiger partial charge in [0.1, 0.15) is 5.78 Å². The number of aliphatic hydroxyl groups excluding tert-OH is 1. The highest BCUT2D eigenvalue weighted by Crippen LogP contribution is 2.33. The normalized spacial score (nSPS) is 14.9. The van der Waals surface area contributed by atoms with Gasteiger partial charge in [-0.05, 0) is 121 Å². The lowest BCUT2D eigenvalue weighted by Crippen LogP contribution is -2.35. The van der Waals surface area contributed by atoms with Crippen LogP contribution in [0.1, 0.15) is 92.5 Å².